The van der Waals surface area contributed by atoms with E-state index in [4.69, 9.17) is 4.74 Å². The van der Waals surface area contributed by atoms with Crippen molar-refractivity contribution in [3.05, 3.63) is 6.33 Å². The van der Waals surface area contributed by atoms with E-state index in [2.05, 4.69) is 25.5 Å². The number of carbonyl (C=O) groups is 1. The number of amides is 1. The summed E-state index contributed by atoms with van der Waals surface area (Å²) in [6, 6.07) is 0. The number of hydrogen-bond acceptors (Lipinski definition) is 6. The lowest BCUT2D eigenvalue weighted by Crippen LogP contribution is -2.48. The van der Waals surface area contributed by atoms with Gasteiger partial charge in [0.05, 0.1) is 0 Å². The Morgan fingerprint density at radius 2 is 1.83 bits per heavy atom. The molecule has 7 nitrogen and oxygen atoms in total. The first-order chi connectivity index (χ1) is 11.5. The molecule has 0 aliphatic carbocycles. The first kappa shape index (κ1) is 15.6. The maximum absolute atomic E-state index is 12.1. The number of aromatic nitrogens is 2. The van der Waals surface area contributed by atoms with Crippen LogP contribution in [0.5, 0.6) is 5.75 Å². The molecule has 130 valence electrons. The molecule has 2 saturated heterocycles. The molecule has 1 spiro atoms. The highest BCUT2D eigenvalue weighted by Gasteiger charge is 2.40. The number of nitrogens with zero attached hydrogens (tertiary/aromatic N) is 3. The second-order valence-corrected chi connectivity index (χ2v) is 7.68. The van der Waals surface area contributed by atoms with Crippen molar-refractivity contribution in [3.63, 3.8) is 0 Å². The Labute approximate surface area is 142 Å². The summed E-state index contributed by atoms with van der Waals surface area (Å²) in [5, 5.41) is 6.30. The van der Waals surface area contributed by atoms with Gasteiger partial charge in [0.2, 0.25) is 5.75 Å². The molecule has 4 heterocycles. The van der Waals surface area contributed by atoms with Crippen LogP contribution < -0.4 is 20.3 Å². The molecule has 0 aromatic carbocycles. The van der Waals surface area contributed by atoms with Crippen molar-refractivity contribution in [2.45, 2.75) is 45.1 Å². The Bertz CT molecular complexity index is 644. The van der Waals surface area contributed by atoms with E-state index >= 15 is 0 Å². The van der Waals surface area contributed by atoms with E-state index in [0.29, 0.717) is 17.0 Å². The fourth-order valence-corrected chi connectivity index (χ4v) is 3.98. The summed E-state index contributed by atoms with van der Waals surface area (Å²) in [5.41, 5.74) is -0.415. The first-order valence-corrected chi connectivity index (χ1v) is 8.80. The highest BCUT2D eigenvalue weighted by atomic mass is 16.5. The van der Waals surface area contributed by atoms with Gasteiger partial charge in [0.25, 0.3) is 5.91 Å². The zero-order valence-corrected chi connectivity index (χ0v) is 14.4. The maximum atomic E-state index is 12.1. The molecule has 0 unspecified atom stereocenters. The van der Waals surface area contributed by atoms with Crippen LogP contribution in [0.15, 0.2) is 6.33 Å². The Kier molecular flexibility index (Phi) is 3.63. The minimum absolute atomic E-state index is 0.174. The molecule has 1 amide bonds. The molecule has 0 radical (unpaired) electrons. The third-order valence-corrected chi connectivity index (χ3v) is 5.71. The number of rotatable bonds is 1. The zero-order chi connectivity index (χ0) is 16.8. The standard InChI is InChI=1S/C17H25N5O2/c1-16(2)15(23)21-13-12(24-16)14(20-11-19-13)22-9-5-17(6-10-22)3-7-18-8-4-17/h11,18H,3-10H2,1-2H3,(H,19,20,21,23). The minimum Gasteiger partial charge on any atom is -0.470 e. The molecule has 0 saturated carbocycles. The SMILES string of the molecule is CC1(C)Oc2c(ncnc2N2CCC3(CCNCC3)CC2)NC1=O. The minimum atomic E-state index is -0.904. The largest absolute Gasteiger partial charge is 0.470 e. The summed E-state index contributed by atoms with van der Waals surface area (Å²) in [5.74, 6) is 1.71. The maximum Gasteiger partial charge on any atom is 0.269 e. The smallest absolute Gasteiger partial charge is 0.269 e. The average Bonchev–Trinajstić information content (AvgIpc) is 2.57. The molecule has 1 aromatic heterocycles. The quantitative estimate of drug-likeness (QED) is 0.813. The van der Waals surface area contributed by atoms with Crippen molar-refractivity contribution in [1.82, 2.24) is 15.3 Å². The molecular weight excluding hydrogens is 306 g/mol. The molecule has 4 rings (SSSR count). The van der Waals surface area contributed by atoms with Crippen LogP contribution in [-0.4, -0.2) is 47.7 Å². The van der Waals surface area contributed by atoms with Crippen LogP contribution in [0, 0.1) is 5.41 Å². The van der Waals surface area contributed by atoms with Crippen molar-refractivity contribution in [1.29, 1.82) is 0 Å². The summed E-state index contributed by atoms with van der Waals surface area (Å²) < 4.78 is 5.96. The van der Waals surface area contributed by atoms with Gasteiger partial charge in [0.15, 0.2) is 17.2 Å². The second-order valence-electron chi connectivity index (χ2n) is 7.68. The topological polar surface area (TPSA) is 79.4 Å². The Morgan fingerprint density at radius 1 is 1.12 bits per heavy atom. The van der Waals surface area contributed by atoms with Crippen LogP contribution in [0.1, 0.15) is 39.5 Å². The van der Waals surface area contributed by atoms with Gasteiger partial charge in [-0.3, -0.25) is 4.79 Å². The van der Waals surface area contributed by atoms with Gasteiger partial charge in [-0.2, -0.15) is 0 Å². The zero-order valence-electron chi connectivity index (χ0n) is 14.4. The van der Waals surface area contributed by atoms with Crippen molar-refractivity contribution in [2.75, 3.05) is 36.4 Å². The Morgan fingerprint density at radius 3 is 2.54 bits per heavy atom. The van der Waals surface area contributed by atoms with Crippen molar-refractivity contribution in [2.24, 2.45) is 5.41 Å². The fourth-order valence-electron chi connectivity index (χ4n) is 3.98. The van der Waals surface area contributed by atoms with Crippen molar-refractivity contribution >= 4 is 17.5 Å². The van der Waals surface area contributed by atoms with Crippen LogP contribution in [0.25, 0.3) is 0 Å². The lowest BCUT2D eigenvalue weighted by Gasteiger charge is -2.45. The number of piperidine rings is 2. The number of hydrogen-bond donors (Lipinski definition) is 2. The Hall–Kier alpha value is -1.89. The van der Waals surface area contributed by atoms with Crippen LogP contribution in [0.3, 0.4) is 0 Å². The number of fused-ring (bicyclic) bond motifs is 1. The van der Waals surface area contributed by atoms with Gasteiger partial charge in [-0.1, -0.05) is 0 Å². The molecule has 1 aromatic rings. The van der Waals surface area contributed by atoms with E-state index in [9.17, 15) is 4.79 Å². The van der Waals surface area contributed by atoms with Crippen LogP contribution in [-0.2, 0) is 4.79 Å². The third kappa shape index (κ3) is 2.60. The van der Waals surface area contributed by atoms with Gasteiger partial charge < -0.3 is 20.3 Å². The van der Waals surface area contributed by atoms with Gasteiger partial charge in [-0.05, 0) is 58.0 Å². The molecule has 3 aliphatic rings. The van der Waals surface area contributed by atoms with Crippen molar-refractivity contribution < 1.29 is 9.53 Å². The average molecular weight is 331 g/mol. The molecular formula is C17H25N5O2. The van der Waals surface area contributed by atoms with E-state index in [1.54, 1.807) is 13.8 Å². The fraction of sp³-hybridized carbons (Fsp3) is 0.706. The van der Waals surface area contributed by atoms with E-state index in [0.717, 1.165) is 32.0 Å². The Balaban J connectivity index is 1.56. The highest BCUT2D eigenvalue weighted by molar-refractivity contribution is 6.00. The molecule has 2 fully saturated rings. The molecule has 2 N–H and O–H groups in total. The van der Waals surface area contributed by atoms with Gasteiger partial charge >= 0.3 is 0 Å². The van der Waals surface area contributed by atoms with E-state index in [1.165, 1.54) is 32.0 Å². The number of anilines is 2. The second kappa shape index (κ2) is 5.58. The highest BCUT2D eigenvalue weighted by Crippen LogP contribution is 2.44. The molecule has 24 heavy (non-hydrogen) atoms. The number of nitrogens with one attached hydrogen (secondary N) is 2. The summed E-state index contributed by atoms with van der Waals surface area (Å²) >= 11 is 0. The van der Waals surface area contributed by atoms with E-state index in [1.807, 2.05) is 0 Å². The predicted molar refractivity (Wildman–Crippen MR) is 91.4 cm³/mol. The number of carbonyl (C=O) groups excluding carboxylic acids is 1. The predicted octanol–water partition coefficient (Wildman–Crippen LogP) is 1.56. The van der Waals surface area contributed by atoms with Crippen LogP contribution in [0.4, 0.5) is 11.6 Å². The van der Waals surface area contributed by atoms with E-state index < -0.39 is 5.60 Å². The van der Waals surface area contributed by atoms with E-state index in [-0.39, 0.29) is 5.91 Å². The lowest BCUT2D eigenvalue weighted by atomic mass is 9.71. The number of ether oxygens (including phenoxy) is 1. The van der Waals surface area contributed by atoms with Gasteiger partial charge in [0, 0.05) is 13.1 Å². The summed E-state index contributed by atoms with van der Waals surface area (Å²) in [6.07, 6.45) is 6.40. The third-order valence-electron chi connectivity index (χ3n) is 5.71. The molecule has 0 atom stereocenters. The van der Waals surface area contributed by atoms with Crippen LogP contribution in [0.2, 0.25) is 0 Å². The van der Waals surface area contributed by atoms with Gasteiger partial charge in [0.1, 0.15) is 6.33 Å². The molecule has 3 aliphatic heterocycles. The monoisotopic (exact) mass is 331 g/mol. The normalized spacial score (nSPS) is 24.9. The molecule has 7 heteroatoms. The first-order valence-electron chi connectivity index (χ1n) is 8.80. The van der Waals surface area contributed by atoms with Gasteiger partial charge in [-0.15, -0.1) is 0 Å². The summed E-state index contributed by atoms with van der Waals surface area (Å²) in [4.78, 5) is 23.0. The van der Waals surface area contributed by atoms with Crippen molar-refractivity contribution in [3.8, 4) is 5.75 Å². The molecule has 0 bridgehead atoms. The lowest BCUT2D eigenvalue weighted by molar-refractivity contribution is -0.129. The van der Waals surface area contributed by atoms with Crippen LogP contribution >= 0.6 is 0 Å². The summed E-state index contributed by atoms with van der Waals surface area (Å²) in [6.45, 7) is 7.74. The summed E-state index contributed by atoms with van der Waals surface area (Å²) in [7, 11) is 0. The van der Waals surface area contributed by atoms with Gasteiger partial charge in [-0.25, -0.2) is 9.97 Å².